The Morgan fingerprint density at radius 2 is 1.81 bits per heavy atom. The van der Waals surface area contributed by atoms with E-state index in [-0.39, 0.29) is 24.0 Å². The number of benzene rings is 2. The second-order valence-electron chi connectivity index (χ2n) is 6.25. The van der Waals surface area contributed by atoms with Crippen molar-refractivity contribution < 1.29 is 14.5 Å². The molecule has 142 valence electrons. The maximum Gasteiger partial charge on any atom is 0.271 e. The largest absolute Gasteiger partial charge is 0.355 e. The number of nitro benzene ring substituents is 1. The van der Waals surface area contributed by atoms with Gasteiger partial charge in [-0.1, -0.05) is 18.2 Å². The number of rotatable bonds is 7. The van der Waals surface area contributed by atoms with Crippen LogP contribution in [0.5, 0.6) is 0 Å². The highest BCUT2D eigenvalue weighted by Gasteiger charge is 2.13. The van der Waals surface area contributed by atoms with Crippen LogP contribution in [0.3, 0.4) is 0 Å². The van der Waals surface area contributed by atoms with Crippen LogP contribution in [0.25, 0.3) is 0 Å². The van der Waals surface area contributed by atoms with Crippen LogP contribution in [-0.2, 0) is 11.3 Å². The van der Waals surface area contributed by atoms with Crippen molar-refractivity contribution in [1.82, 2.24) is 10.2 Å². The zero-order valence-corrected chi connectivity index (χ0v) is 15.5. The van der Waals surface area contributed by atoms with Gasteiger partial charge < -0.3 is 10.6 Å². The van der Waals surface area contributed by atoms with Gasteiger partial charge in [-0.2, -0.15) is 0 Å². The molecule has 0 saturated heterocycles. The van der Waals surface area contributed by atoms with Crippen molar-refractivity contribution in [2.75, 3.05) is 26.0 Å². The summed E-state index contributed by atoms with van der Waals surface area (Å²) in [6.45, 7) is 2.42. The Bertz CT molecular complexity index is 849. The lowest BCUT2D eigenvalue weighted by Gasteiger charge is -2.17. The number of nitrogens with one attached hydrogen (secondary N) is 2. The first-order valence-electron chi connectivity index (χ1n) is 8.34. The highest BCUT2D eigenvalue weighted by Crippen LogP contribution is 2.21. The van der Waals surface area contributed by atoms with Gasteiger partial charge in [0.05, 0.1) is 17.2 Å². The smallest absolute Gasteiger partial charge is 0.271 e. The number of anilines is 1. The fourth-order valence-corrected chi connectivity index (χ4v) is 2.57. The minimum absolute atomic E-state index is 0.0690. The third-order valence-corrected chi connectivity index (χ3v) is 4.02. The van der Waals surface area contributed by atoms with Gasteiger partial charge in [-0.3, -0.25) is 24.6 Å². The fourth-order valence-electron chi connectivity index (χ4n) is 2.57. The van der Waals surface area contributed by atoms with Crippen molar-refractivity contribution in [2.45, 2.75) is 13.5 Å². The standard InChI is InChI=1S/C19H22N4O4/c1-13-4-9-16(23(26)27)10-17(13)21-18(24)12-22(3)11-14-5-7-15(8-6-14)19(25)20-2/h4-10H,11-12H2,1-3H3,(H,20,25)(H,21,24). The number of non-ortho nitro benzene ring substituents is 1. The molecule has 0 bridgehead atoms. The molecule has 0 heterocycles. The summed E-state index contributed by atoms with van der Waals surface area (Å²) in [5, 5.41) is 16.2. The number of aryl methyl sites for hydroxylation is 1. The molecular weight excluding hydrogens is 348 g/mol. The summed E-state index contributed by atoms with van der Waals surface area (Å²) in [6, 6.07) is 11.5. The molecule has 0 fully saturated rings. The van der Waals surface area contributed by atoms with Crippen LogP contribution in [0.4, 0.5) is 11.4 Å². The van der Waals surface area contributed by atoms with E-state index in [2.05, 4.69) is 10.6 Å². The van der Waals surface area contributed by atoms with Gasteiger partial charge in [0.15, 0.2) is 0 Å². The molecule has 0 saturated carbocycles. The first-order valence-corrected chi connectivity index (χ1v) is 8.34. The molecule has 0 aliphatic rings. The van der Waals surface area contributed by atoms with Gasteiger partial charge in [0.25, 0.3) is 11.6 Å². The molecule has 0 aliphatic heterocycles. The third-order valence-electron chi connectivity index (χ3n) is 4.02. The normalized spacial score (nSPS) is 10.5. The molecule has 0 unspecified atom stereocenters. The van der Waals surface area contributed by atoms with Crippen molar-refractivity contribution in [1.29, 1.82) is 0 Å². The zero-order valence-electron chi connectivity index (χ0n) is 15.5. The van der Waals surface area contributed by atoms with Crippen LogP contribution in [0.1, 0.15) is 21.5 Å². The lowest BCUT2D eigenvalue weighted by atomic mass is 10.1. The molecule has 2 aromatic carbocycles. The molecule has 2 N–H and O–H groups in total. The van der Waals surface area contributed by atoms with Crippen LogP contribution < -0.4 is 10.6 Å². The van der Waals surface area contributed by atoms with Crippen LogP contribution >= 0.6 is 0 Å². The molecule has 2 rings (SSSR count). The maximum atomic E-state index is 12.3. The molecule has 2 aromatic rings. The minimum atomic E-state index is -0.496. The van der Waals surface area contributed by atoms with Gasteiger partial charge in [-0.05, 0) is 37.2 Å². The number of hydrogen-bond donors (Lipinski definition) is 2. The zero-order chi connectivity index (χ0) is 20.0. The predicted octanol–water partition coefficient (Wildman–Crippen LogP) is 2.33. The van der Waals surface area contributed by atoms with Crippen molar-refractivity contribution >= 4 is 23.2 Å². The topological polar surface area (TPSA) is 105 Å². The Morgan fingerprint density at radius 3 is 2.41 bits per heavy atom. The van der Waals surface area contributed by atoms with Gasteiger partial charge in [0, 0.05) is 31.3 Å². The van der Waals surface area contributed by atoms with E-state index in [1.165, 1.54) is 12.1 Å². The van der Waals surface area contributed by atoms with Crippen LogP contribution in [-0.4, -0.2) is 42.3 Å². The molecule has 0 spiro atoms. The molecule has 27 heavy (non-hydrogen) atoms. The molecule has 0 radical (unpaired) electrons. The van der Waals surface area contributed by atoms with Gasteiger partial charge in [-0.15, -0.1) is 0 Å². The highest BCUT2D eigenvalue weighted by molar-refractivity contribution is 5.94. The number of nitrogens with zero attached hydrogens (tertiary/aromatic N) is 2. The van der Waals surface area contributed by atoms with E-state index in [1.54, 1.807) is 39.2 Å². The Hall–Kier alpha value is -3.26. The summed E-state index contributed by atoms with van der Waals surface area (Å²) in [7, 11) is 3.37. The lowest BCUT2D eigenvalue weighted by molar-refractivity contribution is -0.384. The summed E-state index contributed by atoms with van der Waals surface area (Å²) >= 11 is 0. The number of amides is 2. The van der Waals surface area contributed by atoms with Crippen LogP contribution in [0.15, 0.2) is 42.5 Å². The second-order valence-corrected chi connectivity index (χ2v) is 6.25. The number of hydrogen-bond acceptors (Lipinski definition) is 5. The van der Waals surface area contributed by atoms with E-state index in [0.29, 0.717) is 17.8 Å². The first kappa shape index (κ1) is 20.1. The summed E-state index contributed by atoms with van der Waals surface area (Å²) in [5.41, 5.74) is 2.65. The third kappa shape index (κ3) is 5.61. The Kier molecular flexibility index (Phi) is 6.62. The summed E-state index contributed by atoms with van der Waals surface area (Å²) in [5.74, 6) is -0.412. The average Bonchev–Trinajstić information content (AvgIpc) is 2.63. The predicted molar refractivity (Wildman–Crippen MR) is 103 cm³/mol. The highest BCUT2D eigenvalue weighted by atomic mass is 16.6. The average molecular weight is 370 g/mol. The minimum Gasteiger partial charge on any atom is -0.355 e. The lowest BCUT2D eigenvalue weighted by Crippen LogP contribution is -2.30. The Labute approximate surface area is 157 Å². The van der Waals surface area contributed by atoms with Crippen molar-refractivity contribution in [2.24, 2.45) is 0 Å². The monoisotopic (exact) mass is 370 g/mol. The van der Waals surface area contributed by atoms with Gasteiger partial charge >= 0.3 is 0 Å². The summed E-state index contributed by atoms with van der Waals surface area (Å²) in [6.07, 6.45) is 0. The first-order chi connectivity index (χ1) is 12.8. The van der Waals surface area contributed by atoms with Crippen LogP contribution in [0.2, 0.25) is 0 Å². The number of carbonyl (C=O) groups excluding carboxylic acids is 2. The van der Waals surface area contributed by atoms with Gasteiger partial charge in [0.2, 0.25) is 5.91 Å². The van der Waals surface area contributed by atoms with E-state index >= 15 is 0 Å². The molecule has 0 aliphatic carbocycles. The van der Waals surface area contributed by atoms with Crippen molar-refractivity contribution in [3.05, 3.63) is 69.3 Å². The van der Waals surface area contributed by atoms with Gasteiger partial charge in [-0.25, -0.2) is 0 Å². The molecule has 8 nitrogen and oxygen atoms in total. The summed E-state index contributed by atoms with van der Waals surface area (Å²) < 4.78 is 0. The Balaban J connectivity index is 1.95. The van der Waals surface area contributed by atoms with E-state index in [1.807, 2.05) is 17.0 Å². The summed E-state index contributed by atoms with van der Waals surface area (Å²) in [4.78, 5) is 36.0. The van der Waals surface area contributed by atoms with E-state index in [4.69, 9.17) is 0 Å². The molecule has 0 atom stereocenters. The van der Waals surface area contributed by atoms with Crippen molar-refractivity contribution in [3.63, 3.8) is 0 Å². The maximum absolute atomic E-state index is 12.3. The van der Waals surface area contributed by atoms with Crippen LogP contribution in [0, 0.1) is 17.0 Å². The number of likely N-dealkylation sites (N-methyl/N-ethyl adjacent to an activating group) is 1. The molecule has 8 heteroatoms. The molecule has 0 aromatic heterocycles. The van der Waals surface area contributed by atoms with E-state index < -0.39 is 4.92 Å². The number of carbonyl (C=O) groups is 2. The quantitative estimate of drug-likeness (QED) is 0.575. The van der Waals surface area contributed by atoms with E-state index in [0.717, 1.165) is 11.1 Å². The van der Waals surface area contributed by atoms with E-state index in [9.17, 15) is 19.7 Å². The molecular formula is C19H22N4O4. The van der Waals surface area contributed by atoms with Crippen molar-refractivity contribution in [3.8, 4) is 0 Å². The SMILES string of the molecule is CNC(=O)c1ccc(CN(C)CC(=O)Nc2cc([N+](=O)[O-])ccc2C)cc1. The second kappa shape index (κ2) is 8.91. The van der Waals surface area contributed by atoms with Gasteiger partial charge in [0.1, 0.15) is 0 Å². The fraction of sp³-hybridized carbons (Fsp3) is 0.263. The molecule has 2 amide bonds. The Morgan fingerprint density at radius 1 is 1.15 bits per heavy atom. The number of nitro groups is 1.